The number of hydrogen-bond acceptors (Lipinski definition) is 4. The van der Waals surface area contributed by atoms with Crippen LogP contribution in [0.15, 0.2) is 53.4 Å². The molecule has 1 fully saturated rings. The zero-order valence-electron chi connectivity index (χ0n) is 18.7. The summed E-state index contributed by atoms with van der Waals surface area (Å²) in [7, 11) is -3.71. The number of benzene rings is 2. The molecule has 174 valence electrons. The summed E-state index contributed by atoms with van der Waals surface area (Å²) in [6, 6.07) is 14.7. The maximum absolute atomic E-state index is 12.4. The van der Waals surface area contributed by atoms with Crippen molar-refractivity contribution >= 4 is 27.5 Å². The molecule has 32 heavy (non-hydrogen) atoms. The highest BCUT2D eigenvalue weighted by atomic mass is 35.5. The molecule has 3 rings (SSSR count). The van der Waals surface area contributed by atoms with E-state index in [-0.39, 0.29) is 17.3 Å². The minimum Gasteiger partial charge on any atom is -0.355 e. The average molecular weight is 478 g/mol. The van der Waals surface area contributed by atoms with Crippen molar-refractivity contribution in [2.75, 3.05) is 26.2 Å². The lowest BCUT2D eigenvalue weighted by Crippen LogP contribution is -2.41. The number of likely N-dealkylation sites (tertiary alicyclic amines) is 1. The van der Waals surface area contributed by atoms with E-state index in [9.17, 15) is 13.2 Å². The average Bonchev–Trinajstić information content (AvgIpc) is 2.79. The van der Waals surface area contributed by atoms with Crippen molar-refractivity contribution in [3.63, 3.8) is 0 Å². The summed E-state index contributed by atoms with van der Waals surface area (Å²) >= 11 is 5.94. The molecule has 0 bridgehead atoms. The van der Waals surface area contributed by atoms with Gasteiger partial charge in [0.1, 0.15) is 0 Å². The van der Waals surface area contributed by atoms with Crippen LogP contribution in [-0.2, 0) is 21.4 Å². The molecule has 1 aliphatic rings. The number of halogens is 1. The van der Waals surface area contributed by atoms with E-state index in [1.807, 2.05) is 24.3 Å². The number of nitrogens with zero attached hydrogens (tertiary/aromatic N) is 1. The molecule has 2 aromatic rings. The van der Waals surface area contributed by atoms with Gasteiger partial charge in [0.05, 0.1) is 11.4 Å². The van der Waals surface area contributed by atoms with Crippen LogP contribution < -0.4 is 10.0 Å². The molecular formula is C24H32ClN3O3S. The second-order valence-electron chi connectivity index (χ2n) is 8.70. The Hall–Kier alpha value is -1.93. The summed E-state index contributed by atoms with van der Waals surface area (Å²) in [6.07, 6.45) is 2.00. The topological polar surface area (TPSA) is 78.5 Å². The predicted molar refractivity (Wildman–Crippen MR) is 128 cm³/mol. The Morgan fingerprint density at radius 2 is 1.69 bits per heavy atom. The molecule has 0 radical (unpaired) electrons. The zero-order valence-corrected chi connectivity index (χ0v) is 20.3. The number of piperidine rings is 1. The van der Waals surface area contributed by atoms with E-state index >= 15 is 0 Å². The molecular weight excluding hydrogens is 446 g/mol. The normalized spacial score (nSPS) is 15.8. The first-order valence-electron chi connectivity index (χ1n) is 11.1. The quantitative estimate of drug-likeness (QED) is 0.576. The predicted octanol–water partition coefficient (Wildman–Crippen LogP) is 3.77. The van der Waals surface area contributed by atoms with Gasteiger partial charge in [-0.25, -0.2) is 13.1 Å². The van der Waals surface area contributed by atoms with Crippen LogP contribution in [0, 0.1) is 5.92 Å². The molecule has 0 aromatic heterocycles. The van der Waals surface area contributed by atoms with E-state index in [2.05, 4.69) is 28.8 Å². The molecule has 0 spiro atoms. The second-order valence-corrected chi connectivity index (χ2v) is 10.9. The number of carbonyl (C=O) groups is 1. The van der Waals surface area contributed by atoms with E-state index in [0.29, 0.717) is 18.4 Å². The molecule has 1 heterocycles. The van der Waals surface area contributed by atoms with Crippen LogP contribution in [-0.4, -0.2) is 45.4 Å². The number of carbonyl (C=O) groups excluding carboxylic acids is 1. The molecule has 0 saturated carbocycles. The standard InChI is InChI=1S/C24H32ClN3O3S/c1-18(2)21-5-9-23(10-6-21)32(30,31)27-16-24(29)26-15-19-11-13-28(14-12-19)17-20-3-7-22(25)8-4-20/h3-10,18-19,27H,11-17H2,1-2H3,(H,26,29). The Kier molecular flexibility index (Phi) is 8.71. The molecule has 0 aliphatic carbocycles. The number of sulfonamides is 1. The largest absolute Gasteiger partial charge is 0.355 e. The van der Waals surface area contributed by atoms with Gasteiger partial charge in [-0.05, 0) is 73.2 Å². The van der Waals surface area contributed by atoms with Crippen molar-refractivity contribution in [2.24, 2.45) is 5.92 Å². The van der Waals surface area contributed by atoms with Crippen LogP contribution in [0.4, 0.5) is 0 Å². The first-order chi connectivity index (χ1) is 15.2. The monoisotopic (exact) mass is 477 g/mol. The Balaban J connectivity index is 1.37. The minimum atomic E-state index is -3.71. The Morgan fingerprint density at radius 1 is 1.06 bits per heavy atom. The molecule has 0 atom stereocenters. The van der Waals surface area contributed by atoms with Crippen LogP contribution in [0.1, 0.15) is 43.7 Å². The SMILES string of the molecule is CC(C)c1ccc(S(=O)(=O)NCC(=O)NCC2CCN(Cc3ccc(Cl)cc3)CC2)cc1. The van der Waals surface area contributed by atoms with Crippen molar-refractivity contribution in [1.82, 2.24) is 14.9 Å². The van der Waals surface area contributed by atoms with E-state index in [4.69, 9.17) is 11.6 Å². The van der Waals surface area contributed by atoms with Gasteiger partial charge in [0.25, 0.3) is 0 Å². The van der Waals surface area contributed by atoms with Gasteiger partial charge in [-0.15, -0.1) is 0 Å². The van der Waals surface area contributed by atoms with E-state index in [1.165, 1.54) is 5.56 Å². The third-order valence-corrected chi connectivity index (χ3v) is 7.56. The summed E-state index contributed by atoms with van der Waals surface area (Å²) in [4.78, 5) is 14.8. The number of nitrogens with one attached hydrogen (secondary N) is 2. The van der Waals surface area contributed by atoms with Gasteiger partial charge in [-0.2, -0.15) is 0 Å². The summed E-state index contributed by atoms with van der Waals surface area (Å²) in [5.41, 5.74) is 2.31. The van der Waals surface area contributed by atoms with Crippen molar-refractivity contribution in [2.45, 2.75) is 44.0 Å². The van der Waals surface area contributed by atoms with Gasteiger partial charge < -0.3 is 5.32 Å². The van der Waals surface area contributed by atoms with Crippen LogP contribution in [0.2, 0.25) is 5.02 Å². The van der Waals surface area contributed by atoms with Gasteiger partial charge in [-0.1, -0.05) is 49.7 Å². The Bertz CT molecular complexity index is 984. The molecule has 1 saturated heterocycles. The van der Waals surface area contributed by atoms with E-state index in [1.54, 1.807) is 24.3 Å². The first kappa shape index (κ1) is 24.7. The Morgan fingerprint density at radius 3 is 2.28 bits per heavy atom. The lowest BCUT2D eigenvalue weighted by atomic mass is 9.96. The van der Waals surface area contributed by atoms with Gasteiger partial charge >= 0.3 is 0 Å². The fourth-order valence-corrected chi connectivity index (χ4v) is 4.90. The van der Waals surface area contributed by atoms with E-state index in [0.717, 1.165) is 43.1 Å². The third-order valence-electron chi connectivity index (χ3n) is 5.89. The highest BCUT2D eigenvalue weighted by molar-refractivity contribution is 7.89. The molecule has 2 aromatic carbocycles. The summed E-state index contributed by atoms with van der Waals surface area (Å²) in [5.74, 6) is 0.423. The van der Waals surface area contributed by atoms with Gasteiger partial charge in [0, 0.05) is 18.1 Å². The molecule has 1 aliphatic heterocycles. The van der Waals surface area contributed by atoms with Crippen molar-refractivity contribution in [3.05, 3.63) is 64.7 Å². The highest BCUT2D eigenvalue weighted by Gasteiger charge is 2.21. The van der Waals surface area contributed by atoms with Gasteiger partial charge in [-0.3, -0.25) is 9.69 Å². The molecule has 6 nitrogen and oxygen atoms in total. The second kappa shape index (κ2) is 11.3. The van der Waals surface area contributed by atoms with Crippen molar-refractivity contribution in [1.29, 1.82) is 0 Å². The molecule has 1 amide bonds. The number of amides is 1. The highest BCUT2D eigenvalue weighted by Crippen LogP contribution is 2.20. The number of hydrogen-bond donors (Lipinski definition) is 2. The fraction of sp³-hybridized carbons (Fsp3) is 0.458. The minimum absolute atomic E-state index is 0.169. The Labute approximate surface area is 196 Å². The smallest absolute Gasteiger partial charge is 0.241 e. The molecule has 0 unspecified atom stereocenters. The summed E-state index contributed by atoms with van der Waals surface area (Å²) in [5, 5.41) is 3.62. The number of rotatable bonds is 9. The lowest BCUT2D eigenvalue weighted by molar-refractivity contribution is -0.120. The molecule has 8 heteroatoms. The van der Waals surface area contributed by atoms with Gasteiger partial charge in [0.15, 0.2) is 0 Å². The van der Waals surface area contributed by atoms with E-state index < -0.39 is 10.0 Å². The first-order valence-corrected chi connectivity index (χ1v) is 12.9. The summed E-state index contributed by atoms with van der Waals surface area (Å²) < 4.78 is 27.2. The van der Waals surface area contributed by atoms with Crippen LogP contribution in [0.5, 0.6) is 0 Å². The zero-order chi connectivity index (χ0) is 23.1. The van der Waals surface area contributed by atoms with Gasteiger partial charge in [0.2, 0.25) is 15.9 Å². The summed E-state index contributed by atoms with van der Waals surface area (Å²) in [6.45, 7) is 7.26. The maximum Gasteiger partial charge on any atom is 0.241 e. The lowest BCUT2D eigenvalue weighted by Gasteiger charge is -2.32. The third kappa shape index (κ3) is 7.30. The van der Waals surface area contributed by atoms with Crippen LogP contribution in [0.3, 0.4) is 0 Å². The maximum atomic E-state index is 12.4. The van der Waals surface area contributed by atoms with Crippen molar-refractivity contribution in [3.8, 4) is 0 Å². The van der Waals surface area contributed by atoms with Crippen LogP contribution >= 0.6 is 11.6 Å². The van der Waals surface area contributed by atoms with Crippen molar-refractivity contribution < 1.29 is 13.2 Å². The fourth-order valence-electron chi connectivity index (χ4n) is 3.79. The molecule has 2 N–H and O–H groups in total. The van der Waals surface area contributed by atoms with Crippen LogP contribution in [0.25, 0.3) is 0 Å².